The van der Waals surface area contributed by atoms with Gasteiger partial charge in [0.25, 0.3) is 0 Å². The largest absolute Gasteiger partial charge is 0.215 e. The fourth-order valence-corrected chi connectivity index (χ4v) is 3.40. The van der Waals surface area contributed by atoms with Crippen molar-refractivity contribution in [1.82, 2.24) is 4.72 Å². The molecule has 0 fully saturated rings. The zero-order chi connectivity index (χ0) is 16.2. The molecule has 2 aromatic rings. The van der Waals surface area contributed by atoms with Crippen molar-refractivity contribution in [3.8, 4) is 0 Å². The van der Waals surface area contributed by atoms with E-state index < -0.39 is 10.0 Å². The predicted molar refractivity (Wildman–Crippen MR) is 87.2 cm³/mol. The molecule has 0 spiro atoms. The Bertz CT molecular complexity index is 766. The van der Waals surface area contributed by atoms with Crippen molar-refractivity contribution in [1.29, 1.82) is 0 Å². The number of hydrogen-bond acceptors (Lipinski definition) is 2. The van der Waals surface area contributed by atoms with Crippen molar-refractivity contribution in [2.45, 2.75) is 12.2 Å². The van der Waals surface area contributed by atoms with Crippen LogP contribution in [-0.2, 0) is 22.2 Å². The van der Waals surface area contributed by atoms with Gasteiger partial charge in [0, 0.05) is 6.54 Å². The highest BCUT2D eigenvalue weighted by atomic mass is 35.5. The van der Waals surface area contributed by atoms with Gasteiger partial charge in [-0.3, -0.25) is 0 Å². The third-order valence-electron chi connectivity index (χ3n) is 2.97. The molecule has 0 aromatic heterocycles. The van der Waals surface area contributed by atoms with E-state index in [4.69, 9.17) is 23.2 Å². The molecule has 0 amide bonds. The summed E-state index contributed by atoms with van der Waals surface area (Å²) in [7, 11) is -3.49. The highest BCUT2D eigenvalue weighted by molar-refractivity contribution is 7.88. The van der Waals surface area contributed by atoms with Crippen molar-refractivity contribution >= 4 is 33.2 Å². The van der Waals surface area contributed by atoms with Crippen molar-refractivity contribution in [3.63, 3.8) is 0 Å². The summed E-state index contributed by atoms with van der Waals surface area (Å²) in [6, 6.07) is 10.8. The zero-order valence-electron chi connectivity index (χ0n) is 11.5. The summed E-state index contributed by atoms with van der Waals surface area (Å²) < 4.78 is 39.5. The molecule has 0 heterocycles. The minimum atomic E-state index is -3.49. The van der Waals surface area contributed by atoms with Gasteiger partial charge >= 0.3 is 0 Å². The monoisotopic (exact) mass is 361 g/mol. The molecule has 0 aliphatic rings. The van der Waals surface area contributed by atoms with Crippen LogP contribution in [0.15, 0.2) is 42.5 Å². The standard InChI is InChI=1S/C15H14Cl2FNO2S/c16-14-5-4-12(9-15(14)17)10-22(20,21)19-7-6-11-2-1-3-13(18)8-11/h1-5,8-9,19H,6-7,10H2. The summed E-state index contributed by atoms with van der Waals surface area (Å²) in [4.78, 5) is 0. The summed E-state index contributed by atoms with van der Waals surface area (Å²) in [5.41, 5.74) is 1.28. The van der Waals surface area contributed by atoms with E-state index in [1.165, 1.54) is 18.2 Å². The molecule has 0 bridgehead atoms. The van der Waals surface area contributed by atoms with Crippen LogP contribution in [0.3, 0.4) is 0 Å². The molecular formula is C15H14Cl2FNO2S. The topological polar surface area (TPSA) is 46.2 Å². The second kappa shape index (κ2) is 7.42. The molecule has 0 aliphatic carbocycles. The molecule has 0 atom stereocenters. The molecule has 2 rings (SSSR count). The average molecular weight is 362 g/mol. The van der Waals surface area contributed by atoms with Gasteiger partial charge in [0.05, 0.1) is 15.8 Å². The Hall–Kier alpha value is -1.14. The van der Waals surface area contributed by atoms with E-state index in [1.807, 2.05) is 0 Å². The Balaban J connectivity index is 1.92. The normalized spacial score (nSPS) is 11.6. The van der Waals surface area contributed by atoms with Gasteiger partial charge in [-0.05, 0) is 41.8 Å². The Morgan fingerprint density at radius 3 is 2.45 bits per heavy atom. The molecule has 0 saturated heterocycles. The van der Waals surface area contributed by atoms with Crippen LogP contribution in [0.25, 0.3) is 0 Å². The highest BCUT2D eigenvalue weighted by Gasteiger charge is 2.12. The first kappa shape index (κ1) is 17.2. The molecule has 118 valence electrons. The third kappa shape index (κ3) is 5.25. The first-order chi connectivity index (χ1) is 10.4. The van der Waals surface area contributed by atoms with Crippen LogP contribution in [0.4, 0.5) is 4.39 Å². The lowest BCUT2D eigenvalue weighted by Crippen LogP contribution is -2.27. The van der Waals surface area contributed by atoms with E-state index in [-0.39, 0.29) is 18.1 Å². The lowest BCUT2D eigenvalue weighted by atomic mass is 10.1. The van der Waals surface area contributed by atoms with Gasteiger partial charge in [-0.1, -0.05) is 41.4 Å². The summed E-state index contributed by atoms with van der Waals surface area (Å²) >= 11 is 11.6. The lowest BCUT2D eigenvalue weighted by Gasteiger charge is -2.08. The van der Waals surface area contributed by atoms with E-state index >= 15 is 0 Å². The quantitative estimate of drug-likeness (QED) is 0.850. The van der Waals surface area contributed by atoms with E-state index in [0.29, 0.717) is 22.0 Å². The maximum Gasteiger partial charge on any atom is 0.215 e. The van der Waals surface area contributed by atoms with E-state index in [0.717, 1.165) is 5.56 Å². The Morgan fingerprint density at radius 2 is 1.77 bits per heavy atom. The third-order valence-corrected chi connectivity index (χ3v) is 5.06. The Kier molecular flexibility index (Phi) is 5.81. The number of benzene rings is 2. The van der Waals surface area contributed by atoms with E-state index in [9.17, 15) is 12.8 Å². The molecule has 0 saturated carbocycles. The predicted octanol–water partition coefficient (Wildman–Crippen LogP) is 3.79. The lowest BCUT2D eigenvalue weighted by molar-refractivity contribution is 0.580. The molecular weight excluding hydrogens is 348 g/mol. The van der Waals surface area contributed by atoms with Crippen LogP contribution in [0.2, 0.25) is 10.0 Å². The van der Waals surface area contributed by atoms with E-state index in [2.05, 4.69) is 4.72 Å². The van der Waals surface area contributed by atoms with Crippen LogP contribution in [0, 0.1) is 5.82 Å². The number of hydrogen-bond donors (Lipinski definition) is 1. The van der Waals surface area contributed by atoms with Crippen molar-refractivity contribution in [2.24, 2.45) is 0 Å². The van der Waals surface area contributed by atoms with Gasteiger partial charge in [0.15, 0.2) is 0 Å². The van der Waals surface area contributed by atoms with Gasteiger partial charge in [-0.2, -0.15) is 0 Å². The second-order valence-electron chi connectivity index (χ2n) is 4.78. The summed E-state index contributed by atoms with van der Waals surface area (Å²) in [5, 5.41) is 0.691. The molecule has 3 nitrogen and oxygen atoms in total. The maximum absolute atomic E-state index is 13.0. The zero-order valence-corrected chi connectivity index (χ0v) is 13.8. The van der Waals surface area contributed by atoms with Gasteiger partial charge in [0.2, 0.25) is 10.0 Å². The number of halogens is 3. The fraction of sp³-hybridized carbons (Fsp3) is 0.200. The smallest absolute Gasteiger partial charge is 0.215 e. The van der Waals surface area contributed by atoms with Crippen LogP contribution >= 0.6 is 23.2 Å². The first-order valence-electron chi connectivity index (χ1n) is 6.51. The molecule has 0 radical (unpaired) electrons. The van der Waals surface area contributed by atoms with Gasteiger partial charge in [0.1, 0.15) is 5.82 Å². The summed E-state index contributed by atoms with van der Waals surface area (Å²) in [6.45, 7) is 0.201. The Labute approximate surface area is 139 Å². The van der Waals surface area contributed by atoms with Crippen LogP contribution < -0.4 is 4.72 Å². The van der Waals surface area contributed by atoms with Crippen LogP contribution in [0.1, 0.15) is 11.1 Å². The summed E-state index contributed by atoms with van der Waals surface area (Å²) in [6.07, 6.45) is 0.415. The number of rotatable bonds is 6. The van der Waals surface area contributed by atoms with Crippen LogP contribution in [0.5, 0.6) is 0 Å². The minimum Gasteiger partial charge on any atom is -0.215 e. The first-order valence-corrected chi connectivity index (χ1v) is 8.92. The minimum absolute atomic E-state index is 0.187. The second-order valence-corrected chi connectivity index (χ2v) is 7.40. The van der Waals surface area contributed by atoms with Crippen LogP contribution in [-0.4, -0.2) is 15.0 Å². The maximum atomic E-state index is 13.0. The molecule has 2 aromatic carbocycles. The SMILES string of the molecule is O=S(=O)(Cc1ccc(Cl)c(Cl)c1)NCCc1cccc(F)c1. The molecule has 0 aliphatic heterocycles. The highest BCUT2D eigenvalue weighted by Crippen LogP contribution is 2.23. The van der Waals surface area contributed by atoms with Crippen molar-refractivity contribution in [2.75, 3.05) is 6.54 Å². The van der Waals surface area contributed by atoms with Gasteiger partial charge in [-0.15, -0.1) is 0 Å². The number of sulfonamides is 1. The fourth-order valence-electron chi connectivity index (χ4n) is 1.94. The van der Waals surface area contributed by atoms with Crippen molar-refractivity contribution < 1.29 is 12.8 Å². The van der Waals surface area contributed by atoms with E-state index in [1.54, 1.807) is 24.3 Å². The average Bonchev–Trinajstić information content (AvgIpc) is 2.42. The number of nitrogens with one attached hydrogen (secondary N) is 1. The molecule has 1 N–H and O–H groups in total. The molecule has 22 heavy (non-hydrogen) atoms. The molecule has 0 unspecified atom stereocenters. The van der Waals surface area contributed by atoms with Crippen molar-refractivity contribution in [3.05, 3.63) is 69.5 Å². The van der Waals surface area contributed by atoms with Gasteiger partial charge in [-0.25, -0.2) is 17.5 Å². The van der Waals surface area contributed by atoms with Gasteiger partial charge < -0.3 is 0 Å². The summed E-state index contributed by atoms with van der Waals surface area (Å²) in [5.74, 6) is -0.524. The molecule has 7 heteroatoms. The Morgan fingerprint density at radius 1 is 1.00 bits per heavy atom.